The number of nitrogens with zero attached hydrogens (tertiary/aromatic N) is 2. The monoisotopic (exact) mass is 328 g/mol. The standard InChI is InChI=1S/C10H12BrF3N2O2/c11-8-3-7(5-18)9(15-4-8)16(1-2-17)6-10(12,13)14/h3-4,17-18H,1-2,5-6H2. The van der Waals surface area contributed by atoms with E-state index in [1.54, 1.807) is 0 Å². The number of anilines is 1. The molecule has 1 rings (SSSR count). The van der Waals surface area contributed by atoms with Crippen LogP contribution in [-0.4, -0.2) is 41.1 Å². The largest absolute Gasteiger partial charge is 0.405 e. The summed E-state index contributed by atoms with van der Waals surface area (Å²) in [6.07, 6.45) is -3.06. The van der Waals surface area contributed by atoms with E-state index in [2.05, 4.69) is 20.9 Å². The molecule has 18 heavy (non-hydrogen) atoms. The first-order valence-electron chi connectivity index (χ1n) is 5.05. The van der Waals surface area contributed by atoms with Crippen LogP contribution in [0.3, 0.4) is 0 Å². The highest BCUT2D eigenvalue weighted by Crippen LogP contribution is 2.25. The van der Waals surface area contributed by atoms with E-state index in [9.17, 15) is 13.2 Å². The quantitative estimate of drug-likeness (QED) is 0.863. The summed E-state index contributed by atoms with van der Waals surface area (Å²) in [6, 6.07) is 1.49. The summed E-state index contributed by atoms with van der Waals surface area (Å²) < 4.78 is 37.8. The van der Waals surface area contributed by atoms with E-state index in [4.69, 9.17) is 10.2 Å². The molecule has 0 amide bonds. The molecule has 1 aromatic rings. The minimum Gasteiger partial charge on any atom is -0.395 e. The van der Waals surface area contributed by atoms with Gasteiger partial charge in [0.15, 0.2) is 0 Å². The summed E-state index contributed by atoms with van der Waals surface area (Å²) in [5, 5.41) is 17.9. The van der Waals surface area contributed by atoms with Gasteiger partial charge in [-0.3, -0.25) is 0 Å². The van der Waals surface area contributed by atoms with E-state index in [1.165, 1.54) is 12.3 Å². The molecular weight excluding hydrogens is 317 g/mol. The van der Waals surface area contributed by atoms with E-state index < -0.39 is 25.9 Å². The maximum absolute atomic E-state index is 12.4. The minimum atomic E-state index is -4.41. The Labute approximate surface area is 110 Å². The summed E-state index contributed by atoms with van der Waals surface area (Å²) in [5.41, 5.74) is 0.266. The number of pyridine rings is 1. The normalized spacial score (nSPS) is 11.7. The topological polar surface area (TPSA) is 56.6 Å². The lowest BCUT2D eigenvalue weighted by molar-refractivity contribution is -0.120. The van der Waals surface area contributed by atoms with Gasteiger partial charge in [-0.2, -0.15) is 13.2 Å². The van der Waals surface area contributed by atoms with Crippen LogP contribution >= 0.6 is 15.9 Å². The van der Waals surface area contributed by atoms with E-state index in [0.29, 0.717) is 4.47 Å². The zero-order valence-corrected chi connectivity index (χ0v) is 10.9. The predicted molar refractivity (Wildman–Crippen MR) is 63.2 cm³/mol. The molecular formula is C10H12BrF3N2O2. The molecule has 0 fully saturated rings. The molecule has 0 saturated carbocycles. The van der Waals surface area contributed by atoms with Crippen LogP contribution in [-0.2, 0) is 6.61 Å². The molecule has 8 heteroatoms. The second-order valence-corrected chi connectivity index (χ2v) is 4.47. The van der Waals surface area contributed by atoms with Gasteiger partial charge in [0.25, 0.3) is 0 Å². The second-order valence-electron chi connectivity index (χ2n) is 3.55. The van der Waals surface area contributed by atoms with Crippen LogP contribution in [0.5, 0.6) is 0 Å². The van der Waals surface area contributed by atoms with Crippen molar-refractivity contribution in [3.05, 3.63) is 22.3 Å². The first kappa shape index (κ1) is 15.2. The Morgan fingerprint density at radius 3 is 2.50 bits per heavy atom. The van der Waals surface area contributed by atoms with Crippen molar-refractivity contribution in [2.75, 3.05) is 24.6 Å². The molecule has 0 aliphatic heterocycles. The first-order valence-corrected chi connectivity index (χ1v) is 5.84. The second kappa shape index (κ2) is 6.35. The highest BCUT2D eigenvalue weighted by Gasteiger charge is 2.31. The van der Waals surface area contributed by atoms with Crippen molar-refractivity contribution in [1.29, 1.82) is 0 Å². The van der Waals surface area contributed by atoms with Crippen molar-refractivity contribution < 1.29 is 23.4 Å². The van der Waals surface area contributed by atoms with Gasteiger partial charge in [0.1, 0.15) is 12.4 Å². The van der Waals surface area contributed by atoms with Gasteiger partial charge in [-0.25, -0.2) is 4.98 Å². The summed E-state index contributed by atoms with van der Waals surface area (Å²) in [7, 11) is 0. The van der Waals surface area contributed by atoms with Crippen molar-refractivity contribution in [2.45, 2.75) is 12.8 Å². The van der Waals surface area contributed by atoms with Gasteiger partial charge in [-0.05, 0) is 22.0 Å². The smallest absolute Gasteiger partial charge is 0.395 e. The summed E-state index contributed by atoms with van der Waals surface area (Å²) in [5.74, 6) is 0.0204. The molecule has 0 spiro atoms. The van der Waals surface area contributed by atoms with Gasteiger partial charge in [0.2, 0.25) is 0 Å². The van der Waals surface area contributed by atoms with Crippen LogP contribution in [0.4, 0.5) is 19.0 Å². The number of aliphatic hydroxyl groups is 2. The molecule has 0 bridgehead atoms. The van der Waals surface area contributed by atoms with E-state index in [-0.39, 0.29) is 17.9 Å². The van der Waals surface area contributed by atoms with Crippen LogP contribution < -0.4 is 4.90 Å². The Morgan fingerprint density at radius 1 is 1.33 bits per heavy atom. The third-order valence-electron chi connectivity index (χ3n) is 2.12. The van der Waals surface area contributed by atoms with Crippen LogP contribution in [0.25, 0.3) is 0 Å². The van der Waals surface area contributed by atoms with Gasteiger partial charge in [-0.15, -0.1) is 0 Å². The number of halogens is 4. The summed E-state index contributed by atoms with van der Waals surface area (Å²) >= 11 is 3.12. The lowest BCUT2D eigenvalue weighted by atomic mass is 10.2. The van der Waals surface area contributed by atoms with E-state index >= 15 is 0 Å². The molecule has 4 nitrogen and oxygen atoms in total. The van der Waals surface area contributed by atoms with Crippen molar-refractivity contribution in [3.8, 4) is 0 Å². The van der Waals surface area contributed by atoms with Gasteiger partial charge in [0, 0.05) is 22.8 Å². The van der Waals surface area contributed by atoms with Gasteiger partial charge >= 0.3 is 6.18 Å². The lowest BCUT2D eigenvalue weighted by Gasteiger charge is -2.25. The Hall–Kier alpha value is -0.860. The fraction of sp³-hybridized carbons (Fsp3) is 0.500. The molecule has 0 atom stereocenters. The average Bonchev–Trinajstić information content (AvgIpc) is 2.26. The van der Waals surface area contributed by atoms with E-state index in [0.717, 1.165) is 4.90 Å². The summed E-state index contributed by atoms with van der Waals surface area (Å²) in [4.78, 5) is 4.75. The number of hydrogen-bond donors (Lipinski definition) is 2. The molecule has 102 valence electrons. The minimum absolute atomic E-state index is 0.0204. The van der Waals surface area contributed by atoms with Gasteiger partial charge in [0.05, 0.1) is 13.2 Å². The SMILES string of the molecule is OCCN(CC(F)(F)F)c1ncc(Br)cc1CO. The van der Waals surface area contributed by atoms with E-state index in [1.807, 2.05) is 0 Å². The zero-order valence-electron chi connectivity index (χ0n) is 9.28. The molecule has 0 radical (unpaired) electrons. The van der Waals surface area contributed by atoms with Crippen molar-refractivity contribution in [1.82, 2.24) is 4.98 Å². The highest BCUT2D eigenvalue weighted by molar-refractivity contribution is 9.10. The fourth-order valence-corrected chi connectivity index (χ4v) is 1.85. The molecule has 0 saturated heterocycles. The van der Waals surface area contributed by atoms with Crippen LogP contribution in [0, 0.1) is 0 Å². The van der Waals surface area contributed by atoms with Crippen molar-refractivity contribution in [3.63, 3.8) is 0 Å². The number of aromatic nitrogens is 1. The predicted octanol–water partition coefficient (Wildman–Crippen LogP) is 1.70. The van der Waals surface area contributed by atoms with Crippen molar-refractivity contribution in [2.24, 2.45) is 0 Å². The molecule has 0 unspecified atom stereocenters. The Morgan fingerprint density at radius 2 is 2.00 bits per heavy atom. The molecule has 2 N–H and O–H groups in total. The van der Waals surface area contributed by atoms with Gasteiger partial charge < -0.3 is 15.1 Å². The molecule has 0 aliphatic rings. The molecule has 0 aromatic carbocycles. The zero-order chi connectivity index (χ0) is 13.8. The third-order valence-corrected chi connectivity index (χ3v) is 2.55. The van der Waals surface area contributed by atoms with Crippen LogP contribution in [0.1, 0.15) is 5.56 Å². The molecule has 0 aliphatic carbocycles. The Kier molecular flexibility index (Phi) is 5.36. The highest BCUT2D eigenvalue weighted by atomic mass is 79.9. The first-order chi connectivity index (χ1) is 8.37. The maximum atomic E-state index is 12.4. The molecule has 1 aromatic heterocycles. The van der Waals surface area contributed by atoms with Crippen LogP contribution in [0.15, 0.2) is 16.7 Å². The average molecular weight is 329 g/mol. The maximum Gasteiger partial charge on any atom is 0.405 e. The summed E-state index contributed by atoms with van der Waals surface area (Å²) in [6.45, 7) is -2.30. The third kappa shape index (κ3) is 4.43. The molecule has 1 heterocycles. The number of rotatable bonds is 5. The lowest BCUT2D eigenvalue weighted by Crippen LogP contribution is -2.37. The Bertz CT molecular complexity index is 401. The van der Waals surface area contributed by atoms with Gasteiger partial charge in [-0.1, -0.05) is 0 Å². The number of hydrogen-bond acceptors (Lipinski definition) is 4. The number of alkyl halides is 3. The van der Waals surface area contributed by atoms with Crippen molar-refractivity contribution >= 4 is 21.7 Å². The Balaban J connectivity index is 3.04. The fourth-order valence-electron chi connectivity index (χ4n) is 1.47. The number of aliphatic hydroxyl groups excluding tert-OH is 2. The van der Waals surface area contributed by atoms with Crippen LogP contribution in [0.2, 0.25) is 0 Å².